The molecule has 0 spiro atoms. The monoisotopic (exact) mass is 334 g/mol. The molecule has 1 aromatic rings. The molecule has 0 aromatic carbocycles. The Morgan fingerprint density at radius 2 is 2.30 bits per heavy atom. The summed E-state index contributed by atoms with van der Waals surface area (Å²) in [5.74, 6) is 6.92. The maximum Gasteiger partial charge on any atom is 0.0835 e. The fourth-order valence-corrected chi connectivity index (χ4v) is 5.75. The quantitative estimate of drug-likeness (QED) is 0.640. The van der Waals surface area contributed by atoms with E-state index in [0.29, 0.717) is 20.8 Å². The SMILES string of the molecule is CCCn1ncc(Cl)c1C(NN)C1CSC(C)C(C)S1. The third-order valence-corrected chi connectivity index (χ3v) is 7.47. The predicted molar refractivity (Wildman–Crippen MR) is 90.4 cm³/mol. The molecule has 1 saturated heterocycles. The van der Waals surface area contributed by atoms with Crippen LogP contribution in [0.4, 0.5) is 0 Å². The van der Waals surface area contributed by atoms with Crippen LogP contribution >= 0.6 is 35.1 Å². The Kier molecular flexibility index (Phi) is 6.10. The summed E-state index contributed by atoms with van der Waals surface area (Å²) in [6.45, 7) is 7.58. The molecule has 1 aliphatic heterocycles. The molecule has 2 rings (SSSR count). The first-order valence-corrected chi connectivity index (χ1v) is 9.39. The molecule has 0 saturated carbocycles. The number of halogens is 1. The minimum atomic E-state index is 0.0454. The molecular formula is C13H23ClN4S2. The fourth-order valence-electron chi connectivity index (χ4n) is 2.42. The van der Waals surface area contributed by atoms with Crippen LogP contribution in [0.15, 0.2) is 6.20 Å². The van der Waals surface area contributed by atoms with Crippen LogP contribution in [-0.4, -0.2) is 31.3 Å². The van der Waals surface area contributed by atoms with Crippen molar-refractivity contribution in [1.29, 1.82) is 0 Å². The predicted octanol–water partition coefficient (Wildman–Crippen LogP) is 3.08. The molecule has 0 radical (unpaired) electrons. The van der Waals surface area contributed by atoms with Crippen LogP contribution in [0.1, 0.15) is 38.9 Å². The summed E-state index contributed by atoms with van der Waals surface area (Å²) in [6, 6.07) is 0.0454. The van der Waals surface area contributed by atoms with E-state index in [2.05, 4.69) is 31.3 Å². The Morgan fingerprint density at radius 3 is 2.90 bits per heavy atom. The van der Waals surface area contributed by atoms with Gasteiger partial charge in [-0.15, -0.1) is 0 Å². The van der Waals surface area contributed by atoms with Crippen molar-refractivity contribution in [3.05, 3.63) is 16.9 Å². The number of nitrogens with two attached hydrogens (primary N) is 1. The van der Waals surface area contributed by atoms with E-state index >= 15 is 0 Å². The molecule has 1 aliphatic rings. The summed E-state index contributed by atoms with van der Waals surface area (Å²) in [7, 11) is 0. The molecule has 0 amide bonds. The Bertz CT molecular complexity index is 440. The van der Waals surface area contributed by atoms with Gasteiger partial charge >= 0.3 is 0 Å². The maximum atomic E-state index is 6.34. The minimum Gasteiger partial charge on any atom is -0.271 e. The molecule has 7 heteroatoms. The maximum absolute atomic E-state index is 6.34. The second-order valence-corrected chi connectivity index (χ2v) is 8.60. The summed E-state index contributed by atoms with van der Waals surface area (Å²) < 4.78 is 1.99. The second kappa shape index (κ2) is 7.40. The van der Waals surface area contributed by atoms with Crippen LogP contribution in [0.3, 0.4) is 0 Å². The van der Waals surface area contributed by atoms with Gasteiger partial charge < -0.3 is 0 Å². The van der Waals surface area contributed by atoms with Gasteiger partial charge in [0.15, 0.2) is 0 Å². The highest BCUT2D eigenvalue weighted by Crippen LogP contribution is 2.41. The van der Waals surface area contributed by atoms with Crippen molar-refractivity contribution in [2.24, 2.45) is 5.84 Å². The topological polar surface area (TPSA) is 55.9 Å². The van der Waals surface area contributed by atoms with Gasteiger partial charge in [0, 0.05) is 28.0 Å². The molecule has 4 atom stereocenters. The number of nitrogens with one attached hydrogen (secondary N) is 1. The zero-order valence-electron chi connectivity index (χ0n) is 12.2. The summed E-state index contributed by atoms with van der Waals surface area (Å²) >= 11 is 10.4. The van der Waals surface area contributed by atoms with Gasteiger partial charge in [0.05, 0.1) is 23.0 Å². The number of hydrogen-bond donors (Lipinski definition) is 2. The van der Waals surface area contributed by atoms with E-state index in [1.807, 2.05) is 28.2 Å². The average molecular weight is 335 g/mol. The normalized spacial score (nSPS) is 28.6. The third kappa shape index (κ3) is 3.47. The van der Waals surface area contributed by atoms with Gasteiger partial charge in [0.1, 0.15) is 0 Å². The Labute approximate surface area is 134 Å². The van der Waals surface area contributed by atoms with E-state index in [9.17, 15) is 0 Å². The third-order valence-electron chi connectivity index (χ3n) is 3.69. The van der Waals surface area contributed by atoms with Crippen molar-refractivity contribution >= 4 is 35.1 Å². The molecule has 1 aromatic heterocycles. The molecule has 4 unspecified atom stereocenters. The fraction of sp³-hybridized carbons (Fsp3) is 0.769. The first-order valence-electron chi connectivity index (χ1n) is 7.02. The van der Waals surface area contributed by atoms with Crippen molar-refractivity contribution in [3.63, 3.8) is 0 Å². The Morgan fingerprint density at radius 1 is 1.55 bits per heavy atom. The average Bonchev–Trinajstić information content (AvgIpc) is 2.77. The molecule has 0 bridgehead atoms. The number of rotatable bonds is 5. The lowest BCUT2D eigenvalue weighted by molar-refractivity contribution is 0.478. The zero-order chi connectivity index (χ0) is 14.7. The van der Waals surface area contributed by atoms with Crippen molar-refractivity contribution in [3.8, 4) is 0 Å². The van der Waals surface area contributed by atoms with Crippen molar-refractivity contribution in [2.75, 3.05) is 5.75 Å². The van der Waals surface area contributed by atoms with Crippen LogP contribution in [0.25, 0.3) is 0 Å². The van der Waals surface area contributed by atoms with Gasteiger partial charge in [-0.1, -0.05) is 32.4 Å². The summed E-state index contributed by atoms with van der Waals surface area (Å²) in [4.78, 5) is 0. The summed E-state index contributed by atoms with van der Waals surface area (Å²) in [5.41, 5.74) is 3.99. The number of thioether (sulfide) groups is 2. The molecule has 0 aliphatic carbocycles. The molecule has 3 N–H and O–H groups in total. The number of aromatic nitrogens is 2. The van der Waals surface area contributed by atoms with E-state index in [-0.39, 0.29) is 6.04 Å². The number of nitrogens with zero attached hydrogens (tertiary/aromatic N) is 2. The summed E-state index contributed by atoms with van der Waals surface area (Å²) in [5, 5.41) is 6.81. The summed E-state index contributed by atoms with van der Waals surface area (Å²) in [6.07, 6.45) is 2.76. The van der Waals surface area contributed by atoms with E-state index < -0.39 is 0 Å². The van der Waals surface area contributed by atoms with Crippen molar-refractivity contribution in [1.82, 2.24) is 15.2 Å². The highest BCUT2D eigenvalue weighted by Gasteiger charge is 2.34. The van der Waals surface area contributed by atoms with Crippen molar-refractivity contribution < 1.29 is 0 Å². The largest absolute Gasteiger partial charge is 0.271 e. The first kappa shape index (κ1) is 16.5. The molecular weight excluding hydrogens is 312 g/mol. The van der Waals surface area contributed by atoms with Gasteiger partial charge in [-0.25, -0.2) is 0 Å². The molecule has 20 heavy (non-hydrogen) atoms. The smallest absolute Gasteiger partial charge is 0.0835 e. The number of hydrazine groups is 1. The van der Waals surface area contributed by atoms with E-state index in [0.717, 1.165) is 24.4 Å². The standard InChI is InChI=1S/C13H23ClN4S2/c1-4-5-18-13(10(14)6-16-18)12(17-15)11-7-19-8(2)9(3)20-11/h6,8-9,11-12,17H,4-5,7,15H2,1-3H3. The molecule has 2 heterocycles. The molecule has 4 nitrogen and oxygen atoms in total. The van der Waals surface area contributed by atoms with E-state index in [1.165, 1.54) is 0 Å². The van der Waals surface area contributed by atoms with Crippen LogP contribution in [0.5, 0.6) is 0 Å². The van der Waals surface area contributed by atoms with Crippen LogP contribution < -0.4 is 11.3 Å². The van der Waals surface area contributed by atoms with Crippen LogP contribution in [-0.2, 0) is 6.54 Å². The van der Waals surface area contributed by atoms with E-state index in [4.69, 9.17) is 17.4 Å². The Hall–Kier alpha value is 0.120. The second-order valence-electron chi connectivity index (χ2n) is 5.16. The van der Waals surface area contributed by atoms with Gasteiger partial charge in [-0.2, -0.15) is 28.6 Å². The minimum absolute atomic E-state index is 0.0454. The van der Waals surface area contributed by atoms with Gasteiger partial charge in [0.2, 0.25) is 0 Å². The highest BCUT2D eigenvalue weighted by molar-refractivity contribution is 8.07. The molecule has 114 valence electrons. The van der Waals surface area contributed by atoms with Crippen LogP contribution in [0.2, 0.25) is 5.02 Å². The highest BCUT2D eigenvalue weighted by atomic mass is 35.5. The lowest BCUT2D eigenvalue weighted by atomic mass is 10.1. The van der Waals surface area contributed by atoms with Crippen LogP contribution in [0, 0.1) is 0 Å². The Balaban J connectivity index is 2.21. The zero-order valence-corrected chi connectivity index (χ0v) is 14.6. The van der Waals surface area contributed by atoms with Gasteiger partial charge in [0.25, 0.3) is 0 Å². The van der Waals surface area contributed by atoms with E-state index in [1.54, 1.807) is 6.20 Å². The number of aryl methyl sites for hydroxylation is 1. The lowest BCUT2D eigenvalue weighted by Crippen LogP contribution is -2.41. The molecule has 1 fully saturated rings. The number of hydrogen-bond acceptors (Lipinski definition) is 5. The lowest BCUT2D eigenvalue weighted by Gasteiger charge is -2.35. The van der Waals surface area contributed by atoms with Crippen molar-refractivity contribution in [2.45, 2.75) is 55.5 Å². The van der Waals surface area contributed by atoms with Gasteiger partial charge in [-0.3, -0.25) is 16.0 Å². The first-order chi connectivity index (χ1) is 9.58. The van der Waals surface area contributed by atoms with Gasteiger partial charge in [-0.05, 0) is 6.42 Å².